The first-order valence-electron chi connectivity index (χ1n) is 4.74. The number of thiocarbonyl (C=S) groups is 1. The molecule has 1 saturated heterocycles. The maximum atomic E-state index is 10.7. The van der Waals surface area contributed by atoms with E-state index in [1.165, 1.54) is 25.9 Å². The van der Waals surface area contributed by atoms with Gasteiger partial charge in [0.1, 0.15) is 0 Å². The summed E-state index contributed by atoms with van der Waals surface area (Å²) in [5, 5.41) is 15.6. The molecule has 7 heteroatoms. The molecule has 1 fully saturated rings. The van der Waals surface area contributed by atoms with Crippen LogP contribution < -0.4 is 10.6 Å². The summed E-state index contributed by atoms with van der Waals surface area (Å²) >= 11 is 4.28. The van der Waals surface area contributed by atoms with Gasteiger partial charge in [-0.1, -0.05) is 0 Å². The molecular formula is C9H11N3O3S. The quantitative estimate of drug-likeness (QED) is 0.423. The van der Waals surface area contributed by atoms with Crippen molar-refractivity contribution in [1.29, 1.82) is 0 Å². The van der Waals surface area contributed by atoms with Gasteiger partial charge in [-0.05, 0) is 43.2 Å². The normalized spacial score (nSPS) is 18.1. The van der Waals surface area contributed by atoms with E-state index in [4.69, 9.17) is 5.11 Å². The van der Waals surface area contributed by atoms with Crippen LogP contribution >= 0.6 is 12.2 Å². The van der Waals surface area contributed by atoms with Crippen LogP contribution in [0.2, 0.25) is 0 Å². The van der Waals surface area contributed by atoms with Crippen LogP contribution in [0.1, 0.15) is 12.8 Å². The third-order valence-electron chi connectivity index (χ3n) is 1.93. The monoisotopic (exact) mass is 241 g/mol. The highest BCUT2D eigenvalue weighted by atomic mass is 32.1. The summed E-state index contributed by atoms with van der Waals surface area (Å²) < 4.78 is 0. The summed E-state index contributed by atoms with van der Waals surface area (Å²) in [5.74, 6) is -2.33. The van der Waals surface area contributed by atoms with Crippen LogP contribution in [0.4, 0.5) is 0 Å². The summed E-state index contributed by atoms with van der Waals surface area (Å²) in [6.45, 7) is 2.50. The molecule has 0 radical (unpaired) electrons. The number of carbonyl (C=O) groups excluding carboxylic acids is 1. The molecule has 0 aromatic heterocycles. The van der Waals surface area contributed by atoms with Gasteiger partial charge >= 0.3 is 5.97 Å². The molecule has 2 heterocycles. The third kappa shape index (κ3) is 3.54. The number of amidine groups is 1. The summed E-state index contributed by atoms with van der Waals surface area (Å²) in [5.41, 5.74) is -0.169. The molecule has 86 valence electrons. The largest absolute Gasteiger partial charge is 0.475 e. The number of amides is 1. The number of carbonyl (C=O) groups is 2. The number of hydrogen-bond donors (Lipinski definition) is 3. The Bertz CT molecular complexity index is 374. The summed E-state index contributed by atoms with van der Waals surface area (Å²) in [4.78, 5) is 24.2. The number of nitrogens with zero attached hydrogens (tertiary/aromatic N) is 1. The topological polar surface area (TPSA) is 90.8 Å². The van der Waals surface area contributed by atoms with Gasteiger partial charge in [0.25, 0.3) is 5.91 Å². The minimum atomic E-state index is -1.29. The first-order valence-corrected chi connectivity index (χ1v) is 5.15. The molecule has 0 aromatic rings. The Kier molecular flexibility index (Phi) is 4.78. The van der Waals surface area contributed by atoms with E-state index >= 15 is 0 Å². The van der Waals surface area contributed by atoms with Gasteiger partial charge < -0.3 is 10.4 Å². The van der Waals surface area contributed by atoms with E-state index in [0.717, 1.165) is 0 Å². The van der Waals surface area contributed by atoms with E-state index in [1.807, 2.05) is 10.3 Å². The fourth-order valence-corrected chi connectivity index (χ4v) is 1.29. The average Bonchev–Trinajstić information content (AvgIpc) is 2.88. The molecule has 1 amide bonds. The molecule has 0 aliphatic carbocycles. The number of hydrogen-bond acceptors (Lipinski definition) is 5. The Labute approximate surface area is 97.4 Å². The smallest absolute Gasteiger partial charge is 0.372 e. The van der Waals surface area contributed by atoms with Gasteiger partial charge in [-0.2, -0.15) is 0 Å². The number of rotatable bonds is 1. The molecule has 0 spiro atoms. The van der Waals surface area contributed by atoms with E-state index in [9.17, 15) is 9.59 Å². The van der Waals surface area contributed by atoms with Crippen molar-refractivity contribution in [3.05, 3.63) is 5.70 Å². The van der Waals surface area contributed by atoms with Gasteiger partial charge in [-0.3, -0.25) is 10.1 Å². The Morgan fingerprint density at radius 1 is 1.44 bits per heavy atom. The lowest BCUT2D eigenvalue weighted by Crippen LogP contribution is -2.30. The predicted molar refractivity (Wildman–Crippen MR) is 61.4 cm³/mol. The van der Waals surface area contributed by atoms with Crippen LogP contribution in [0.3, 0.4) is 0 Å². The minimum Gasteiger partial charge on any atom is -0.475 e. The Hall–Kier alpha value is -1.56. The minimum absolute atomic E-state index is 0.169. The van der Waals surface area contributed by atoms with Crippen LogP contribution in [0.15, 0.2) is 10.7 Å². The second-order valence-electron chi connectivity index (χ2n) is 3.13. The van der Waals surface area contributed by atoms with Crippen LogP contribution in [0.25, 0.3) is 0 Å². The van der Waals surface area contributed by atoms with Crippen molar-refractivity contribution in [2.24, 2.45) is 4.99 Å². The van der Waals surface area contributed by atoms with E-state index in [-0.39, 0.29) is 5.70 Å². The molecule has 6 nitrogen and oxygen atoms in total. The van der Waals surface area contributed by atoms with Crippen LogP contribution in [0.5, 0.6) is 0 Å². The van der Waals surface area contributed by atoms with Gasteiger partial charge in [0.15, 0.2) is 5.70 Å². The zero-order valence-electron chi connectivity index (χ0n) is 8.45. The second kappa shape index (κ2) is 6.12. The van der Waals surface area contributed by atoms with E-state index in [0.29, 0.717) is 0 Å². The van der Waals surface area contributed by atoms with E-state index < -0.39 is 17.7 Å². The van der Waals surface area contributed by atoms with Gasteiger partial charge in [0.05, 0.1) is 0 Å². The van der Waals surface area contributed by atoms with E-state index in [2.05, 4.69) is 22.5 Å². The van der Waals surface area contributed by atoms with Gasteiger partial charge in [0, 0.05) is 0 Å². The number of aliphatic imine (C=N–C) groups is 1. The molecule has 2 rings (SSSR count). The zero-order chi connectivity index (χ0) is 12.0. The molecule has 3 N–H and O–H groups in total. The SMILES string of the molecule is C1CCNC1.O=C(O)C1=NC(=C=S)C(=O)N1. The van der Waals surface area contributed by atoms with Crippen LogP contribution in [-0.2, 0) is 9.59 Å². The lowest BCUT2D eigenvalue weighted by molar-refractivity contribution is -0.130. The highest BCUT2D eigenvalue weighted by Gasteiger charge is 2.24. The van der Waals surface area contributed by atoms with E-state index in [1.54, 1.807) is 0 Å². The lowest BCUT2D eigenvalue weighted by atomic mass is 10.4. The standard InChI is InChI=1S/C5H2N2O3S.C4H9N/c8-4-2(1-11)6-3(7-4)5(9)10;1-2-4-5-3-1/h(H,9,10)(H,6,7,8);5H,1-4H2. The summed E-state index contributed by atoms with van der Waals surface area (Å²) in [6.07, 6.45) is 2.78. The zero-order valence-corrected chi connectivity index (χ0v) is 9.26. The van der Waals surface area contributed by atoms with Crippen molar-refractivity contribution in [2.45, 2.75) is 12.8 Å². The molecule has 2 aliphatic rings. The highest BCUT2D eigenvalue weighted by molar-refractivity contribution is 7.78. The van der Waals surface area contributed by atoms with Crippen molar-refractivity contribution in [2.75, 3.05) is 13.1 Å². The third-order valence-corrected chi connectivity index (χ3v) is 2.12. The van der Waals surface area contributed by atoms with Crippen molar-refractivity contribution in [1.82, 2.24) is 10.6 Å². The first-order chi connectivity index (χ1) is 7.65. The fraction of sp³-hybridized carbons (Fsp3) is 0.444. The molecular weight excluding hydrogens is 230 g/mol. The molecule has 0 saturated carbocycles. The number of carboxylic acids is 1. The molecule has 0 aromatic carbocycles. The molecule has 0 atom stereocenters. The first kappa shape index (κ1) is 12.5. The molecule has 0 bridgehead atoms. The van der Waals surface area contributed by atoms with Crippen molar-refractivity contribution < 1.29 is 14.7 Å². The lowest BCUT2D eigenvalue weighted by Gasteiger charge is -1.88. The number of carboxylic acid groups (broad SMARTS) is 1. The average molecular weight is 241 g/mol. The second-order valence-corrected chi connectivity index (χ2v) is 3.33. The van der Waals surface area contributed by atoms with Crippen molar-refractivity contribution in [3.63, 3.8) is 0 Å². The van der Waals surface area contributed by atoms with Crippen LogP contribution in [0, 0.1) is 0 Å². The predicted octanol–water partition coefficient (Wildman–Crippen LogP) is -0.548. The maximum Gasteiger partial charge on any atom is 0.372 e. The van der Waals surface area contributed by atoms with Gasteiger partial charge in [-0.15, -0.1) is 0 Å². The van der Waals surface area contributed by atoms with Crippen molar-refractivity contribution in [3.8, 4) is 0 Å². The van der Waals surface area contributed by atoms with Crippen molar-refractivity contribution >= 4 is 35.0 Å². The highest BCUT2D eigenvalue weighted by Crippen LogP contribution is 1.99. The molecule has 0 unspecified atom stereocenters. The Morgan fingerprint density at radius 2 is 2.06 bits per heavy atom. The Morgan fingerprint density at radius 3 is 2.31 bits per heavy atom. The Balaban J connectivity index is 0.000000212. The number of aliphatic carboxylic acids is 1. The molecule has 2 aliphatic heterocycles. The molecule has 16 heavy (non-hydrogen) atoms. The summed E-state index contributed by atoms with van der Waals surface area (Å²) in [6, 6.07) is 0. The summed E-state index contributed by atoms with van der Waals surface area (Å²) in [7, 11) is 0. The number of nitrogens with one attached hydrogen (secondary N) is 2. The maximum absolute atomic E-state index is 10.7. The fourth-order valence-electron chi connectivity index (χ4n) is 1.15. The van der Waals surface area contributed by atoms with Gasteiger partial charge in [-0.25, -0.2) is 9.79 Å². The van der Waals surface area contributed by atoms with Gasteiger partial charge in [0.2, 0.25) is 5.84 Å². The van der Waals surface area contributed by atoms with Crippen LogP contribution in [-0.4, -0.2) is 40.9 Å².